The Morgan fingerprint density at radius 2 is 1.28 bits per heavy atom. The number of anilines is 2. The van der Waals surface area contributed by atoms with Gasteiger partial charge in [-0.25, -0.2) is 0 Å². The molecule has 18 heteroatoms. The standard InChI is InChI=1S/C35H47N3O11S3Si/c1-23-19-34(2,3)37(10-8-12-49-22-39)29-17-31-27(15-25(23)29)33(36-9-13-50(40,41)42)28-16-26-24(21-52(46,47)48)20-35(4,5)38(11-14-51(43,44)45)30(26)18-32(28)53(31,6)7/h15-20,22H,8-14,21H2,1-7H3,(H,40,41,42)(H,43,44,45)(H,46,47,48). The van der Waals surface area contributed by atoms with E-state index in [1.54, 1.807) is 30.9 Å². The monoisotopic (exact) mass is 809 g/mol. The van der Waals surface area contributed by atoms with Gasteiger partial charge in [0.25, 0.3) is 36.8 Å². The molecule has 0 amide bonds. The van der Waals surface area contributed by atoms with Gasteiger partial charge in [0.2, 0.25) is 0 Å². The molecule has 0 fully saturated rings. The minimum Gasteiger partial charge on any atom is -0.468 e. The Hall–Kier alpha value is -3.39. The molecule has 3 heterocycles. The van der Waals surface area contributed by atoms with E-state index in [1.807, 2.05) is 19.1 Å². The van der Waals surface area contributed by atoms with Crippen LogP contribution in [0.2, 0.25) is 13.1 Å². The molecule has 0 spiro atoms. The van der Waals surface area contributed by atoms with E-state index in [1.165, 1.54) is 0 Å². The van der Waals surface area contributed by atoms with Crippen molar-refractivity contribution in [3.8, 4) is 0 Å². The number of ether oxygens (including phenoxy) is 1. The van der Waals surface area contributed by atoms with Crippen molar-refractivity contribution in [3.63, 3.8) is 0 Å². The van der Waals surface area contributed by atoms with Gasteiger partial charge in [0.15, 0.2) is 0 Å². The minimum atomic E-state index is -4.52. The molecule has 3 aliphatic rings. The Balaban J connectivity index is 1.81. The van der Waals surface area contributed by atoms with Crippen molar-refractivity contribution in [2.24, 2.45) is 4.99 Å². The zero-order valence-corrected chi connectivity index (χ0v) is 34.3. The van der Waals surface area contributed by atoms with Gasteiger partial charge < -0.3 is 14.5 Å². The average molecular weight is 810 g/mol. The summed E-state index contributed by atoms with van der Waals surface area (Å²) >= 11 is 0. The van der Waals surface area contributed by atoms with Crippen molar-refractivity contribution < 1.29 is 48.4 Å². The van der Waals surface area contributed by atoms with Crippen LogP contribution in [0, 0.1) is 0 Å². The second kappa shape index (κ2) is 14.0. The lowest BCUT2D eigenvalue weighted by Gasteiger charge is -2.46. The number of benzene rings is 2. The summed E-state index contributed by atoms with van der Waals surface area (Å²) in [6, 6.07) is 7.87. The summed E-state index contributed by atoms with van der Waals surface area (Å²) in [6.45, 7) is 15.0. The van der Waals surface area contributed by atoms with E-state index in [-0.39, 0.29) is 25.3 Å². The SMILES string of the molecule is CC1=CC(C)(C)N(CCCOC=O)c2cc3c(cc21)C(=NCCS(=O)(=O)O)c1cc2c(cc1[Si]3(C)C)N(CCS(=O)(=O)O)C(C)(C)C=C2CS(=O)(=O)O. The molecule has 0 saturated carbocycles. The number of hydrogen-bond donors (Lipinski definition) is 3. The van der Waals surface area contributed by atoms with Gasteiger partial charge in [-0.2, -0.15) is 25.3 Å². The van der Waals surface area contributed by atoms with Crippen molar-refractivity contribution in [1.29, 1.82) is 0 Å². The molecular weight excluding hydrogens is 763 g/mol. The molecular formula is C35H47N3O11S3Si. The molecule has 14 nitrogen and oxygen atoms in total. The Kier molecular flexibility index (Phi) is 10.8. The predicted molar refractivity (Wildman–Crippen MR) is 210 cm³/mol. The number of carbonyl (C=O) groups excluding carboxylic acids is 1. The van der Waals surface area contributed by atoms with Gasteiger partial charge >= 0.3 is 0 Å². The third kappa shape index (κ3) is 8.63. The third-order valence-electron chi connectivity index (χ3n) is 10.2. The summed E-state index contributed by atoms with van der Waals surface area (Å²) in [5.74, 6) is -1.95. The van der Waals surface area contributed by atoms with Crippen LogP contribution in [-0.4, -0.2) is 114 Å². The van der Waals surface area contributed by atoms with Crippen LogP contribution >= 0.6 is 0 Å². The zero-order valence-electron chi connectivity index (χ0n) is 30.9. The Bertz CT molecular complexity index is 2280. The normalized spacial score (nSPS) is 19.4. The van der Waals surface area contributed by atoms with Gasteiger partial charge in [0, 0.05) is 46.7 Å². The maximum atomic E-state index is 12.3. The smallest absolute Gasteiger partial charge is 0.293 e. The highest BCUT2D eigenvalue weighted by Gasteiger charge is 2.43. The van der Waals surface area contributed by atoms with Gasteiger partial charge in [0.1, 0.15) is 13.8 Å². The quantitative estimate of drug-likeness (QED) is 0.115. The molecule has 0 aromatic heterocycles. The van der Waals surface area contributed by atoms with Gasteiger partial charge in [-0.3, -0.25) is 23.4 Å². The van der Waals surface area contributed by atoms with E-state index in [9.17, 15) is 43.7 Å². The zero-order chi connectivity index (χ0) is 39.5. The van der Waals surface area contributed by atoms with E-state index in [0.29, 0.717) is 42.0 Å². The molecule has 3 N–H and O–H groups in total. The number of fused-ring (bicyclic) bond motifs is 4. The van der Waals surface area contributed by atoms with Crippen LogP contribution in [0.1, 0.15) is 63.3 Å². The topological polar surface area (TPSA) is 208 Å². The summed E-state index contributed by atoms with van der Waals surface area (Å²) in [5.41, 5.74) is 4.59. The van der Waals surface area contributed by atoms with Crippen LogP contribution in [-0.2, 0) is 39.9 Å². The predicted octanol–water partition coefficient (Wildman–Crippen LogP) is 2.87. The maximum absolute atomic E-state index is 12.3. The Morgan fingerprint density at radius 1 is 0.755 bits per heavy atom. The third-order valence-corrected chi connectivity index (χ3v) is 15.8. The lowest BCUT2D eigenvalue weighted by Crippen LogP contribution is -2.61. The molecule has 3 aliphatic heterocycles. The van der Waals surface area contributed by atoms with Gasteiger partial charge in [-0.15, -0.1) is 0 Å². The van der Waals surface area contributed by atoms with Gasteiger partial charge in [0.05, 0.1) is 41.4 Å². The Morgan fingerprint density at radius 3 is 1.83 bits per heavy atom. The summed E-state index contributed by atoms with van der Waals surface area (Å²) in [7, 11) is -16.0. The summed E-state index contributed by atoms with van der Waals surface area (Å²) in [4.78, 5) is 19.7. The average Bonchev–Trinajstić information content (AvgIpc) is 2.98. The van der Waals surface area contributed by atoms with E-state index < -0.39 is 66.8 Å². The van der Waals surface area contributed by atoms with Gasteiger partial charge in [-0.05, 0) is 86.8 Å². The minimum absolute atomic E-state index is 0.127. The lowest BCUT2D eigenvalue weighted by molar-refractivity contribution is -0.128. The van der Waals surface area contributed by atoms with Crippen molar-refractivity contribution in [3.05, 3.63) is 58.7 Å². The maximum Gasteiger partial charge on any atom is 0.293 e. The first-order chi connectivity index (χ1) is 24.3. The fourth-order valence-electron chi connectivity index (χ4n) is 7.94. The summed E-state index contributed by atoms with van der Waals surface area (Å²) < 4.78 is 106. The second-order valence-corrected chi connectivity index (χ2v) is 24.3. The highest BCUT2D eigenvalue weighted by molar-refractivity contribution is 7.86. The lowest BCUT2D eigenvalue weighted by atomic mass is 9.85. The molecule has 0 atom stereocenters. The first-order valence-corrected chi connectivity index (χ1v) is 24.9. The van der Waals surface area contributed by atoms with Crippen molar-refractivity contribution in [1.82, 2.24) is 0 Å². The van der Waals surface area contributed by atoms with E-state index in [2.05, 4.69) is 44.0 Å². The molecule has 2 aromatic rings. The molecule has 0 radical (unpaired) electrons. The molecule has 0 unspecified atom stereocenters. The van der Waals surface area contributed by atoms with Gasteiger partial charge in [-0.1, -0.05) is 25.2 Å². The fourth-order valence-corrected chi connectivity index (χ4v) is 12.3. The summed E-state index contributed by atoms with van der Waals surface area (Å²) in [6.07, 6.45) is 4.38. The van der Waals surface area contributed by atoms with E-state index in [0.717, 1.165) is 32.8 Å². The van der Waals surface area contributed by atoms with Crippen LogP contribution in [0.5, 0.6) is 0 Å². The summed E-state index contributed by atoms with van der Waals surface area (Å²) in [5, 5.41) is 1.85. The molecule has 2 aromatic carbocycles. The highest BCUT2D eigenvalue weighted by Crippen LogP contribution is 2.43. The largest absolute Gasteiger partial charge is 0.468 e. The van der Waals surface area contributed by atoms with E-state index >= 15 is 0 Å². The van der Waals surface area contributed by atoms with Crippen LogP contribution < -0.4 is 20.2 Å². The van der Waals surface area contributed by atoms with Crippen molar-refractivity contribution in [2.75, 3.05) is 53.3 Å². The highest BCUT2D eigenvalue weighted by atomic mass is 32.2. The molecule has 0 aliphatic carbocycles. The molecule has 290 valence electrons. The number of nitrogens with zero attached hydrogens (tertiary/aromatic N) is 3. The van der Waals surface area contributed by atoms with Crippen LogP contribution in [0.3, 0.4) is 0 Å². The number of allylic oxidation sites excluding steroid dienone is 1. The molecule has 0 bridgehead atoms. The van der Waals surface area contributed by atoms with Crippen molar-refractivity contribution in [2.45, 2.75) is 65.2 Å². The number of carbonyl (C=O) groups is 1. The first kappa shape index (κ1) is 40.8. The number of aliphatic imine (C=N–C) groups is 1. The van der Waals surface area contributed by atoms with E-state index in [4.69, 9.17) is 9.73 Å². The number of rotatable bonds is 13. The molecule has 5 rings (SSSR count). The Labute approximate surface area is 312 Å². The molecule has 53 heavy (non-hydrogen) atoms. The molecule has 0 saturated heterocycles. The van der Waals surface area contributed by atoms with Crippen LogP contribution in [0.25, 0.3) is 11.1 Å². The van der Waals surface area contributed by atoms with Crippen molar-refractivity contribution >= 4 is 83.5 Å². The first-order valence-electron chi connectivity index (χ1n) is 17.1. The van der Waals surface area contributed by atoms with Crippen LogP contribution in [0.15, 0.2) is 41.4 Å². The fraction of sp³-hybridized carbons (Fsp3) is 0.486. The second-order valence-electron chi connectivity index (χ2n) is 15.4. The number of hydrogen-bond acceptors (Lipinski definition) is 11. The van der Waals surface area contributed by atoms with Crippen LogP contribution in [0.4, 0.5) is 11.4 Å².